The lowest BCUT2D eigenvalue weighted by Crippen LogP contribution is -2.29. The molecule has 1 saturated heterocycles. The molecule has 3 aromatic carbocycles. The molecule has 0 spiro atoms. The van der Waals surface area contributed by atoms with Gasteiger partial charge in [0.1, 0.15) is 11.5 Å². The van der Waals surface area contributed by atoms with Crippen molar-refractivity contribution < 1.29 is 24.7 Å². The summed E-state index contributed by atoms with van der Waals surface area (Å²) in [5, 5.41) is 32.8. The van der Waals surface area contributed by atoms with Crippen molar-refractivity contribution in [3.05, 3.63) is 105 Å². The summed E-state index contributed by atoms with van der Waals surface area (Å²) in [6.07, 6.45) is 0. The van der Waals surface area contributed by atoms with Crippen molar-refractivity contribution >= 4 is 28.8 Å². The number of aryl methyl sites for hydroxylation is 2. The van der Waals surface area contributed by atoms with Gasteiger partial charge in [0, 0.05) is 17.7 Å². The first kappa shape index (κ1) is 21.8. The van der Waals surface area contributed by atoms with Crippen molar-refractivity contribution in [2.75, 3.05) is 4.90 Å². The molecule has 0 bridgehead atoms. The molecule has 8 nitrogen and oxygen atoms in total. The smallest absolute Gasteiger partial charge is 0.300 e. The van der Waals surface area contributed by atoms with E-state index >= 15 is 0 Å². The van der Waals surface area contributed by atoms with Crippen LogP contribution in [0.2, 0.25) is 0 Å². The molecule has 1 aliphatic rings. The van der Waals surface area contributed by atoms with E-state index in [1.165, 1.54) is 24.3 Å². The van der Waals surface area contributed by atoms with Crippen molar-refractivity contribution in [2.24, 2.45) is 0 Å². The average molecular weight is 444 g/mol. The SMILES string of the molecule is Cc1cccc(C2/C(=C(/O)c3cccc([N+](=O)[O-])c3)C(=O)C(=O)N2c2cc(C)ccc2O)c1. The molecule has 4 rings (SSSR count). The average Bonchev–Trinajstić information content (AvgIpc) is 3.05. The Morgan fingerprint density at radius 1 is 0.970 bits per heavy atom. The Morgan fingerprint density at radius 3 is 2.36 bits per heavy atom. The maximum Gasteiger partial charge on any atom is 0.300 e. The van der Waals surface area contributed by atoms with Gasteiger partial charge in [0.2, 0.25) is 0 Å². The summed E-state index contributed by atoms with van der Waals surface area (Å²) in [5.74, 6) is -2.60. The van der Waals surface area contributed by atoms with Gasteiger partial charge in [-0.2, -0.15) is 0 Å². The molecule has 1 heterocycles. The predicted octanol–water partition coefficient (Wildman–Crippen LogP) is 4.54. The second-order valence-corrected chi connectivity index (χ2v) is 7.88. The number of aliphatic hydroxyl groups excluding tert-OH is 1. The maximum atomic E-state index is 13.2. The van der Waals surface area contributed by atoms with Gasteiger partial charge in [0.25, 0.3) is 17.4 Å². The van der Waals surface area contributed by atoms with Gasteiger partial charge in [0.15, 0.2) is 0 Å². The first-order chi connectivity index (χ1) is 15.7. The van der Waals surface area contributed by atoms with E-state index in [0.29, 0.717) is 5.56 Å². The Balaban J connectivity index is 1.99. The van der Waals surface area contributed by atoms with Crippen molar-refractivity contribution in [3.8, 4) is 5.75 Å². The molecule has 1 unspecified atom stereocenters. The van der Waals surface area contributed by atoms with Crippen LogP contribution in [0.5, 0.6) is 5.75 Å². The summed E-state index contributed by atoms with van der Waals surface area (Å²) >= 11 is 0. The Bertz CT molecular complexity index is 1340. The van der Waals surface area contributed by atoms with Gasteiger partial charge in [-0.05, 0) is 37.1 Å². The maximum absolute atomic E-state index is 13.2. The zero-order chi connectivity index (χ0) is 23.9. The molecule has 3 aromatic rings. The molecule has 8 heteroatoms. The third kappa shape index (κ3) is 3.82. The summed E-state index contributed by atoms with van der Waals surface area (Å²) in [6.45, 7) is 3.63. The molecule has 33 heavy (non-hydrogen) atoms. The first-order valence-electron chi connectivity index (χ1n) is 10.1. The van der Waals surface area contributed by atoms with Crippen LogP contribution in [0, 0.1) is 24.0 Å². The zero-order valence-corrected chi connectivity index (χ0v) is 17.9. The molecule has 1 amide bonds. The first-order valence-corrected chi connectivity index (χ1v) is 10.1. The summed E-state index contributed by atoms with van der Waals surface area (Å²) in [7, 11) is 0. The van der Waals surface area contributed by atoms with Crippen molar-refractivity contribution in [3.63, 3.8) is 0 Å². The van der Waals surface area contributed by atoms with Crippen molar-refractivity contribution in [1.29, 1.82) is 0 Å². The van der Waals surface area contributed by atoms with Crippen molar-refractivity contribution in [1.82, 2.24) is 0 Å². The van der Waals surface area contributed by atoms with Crippen LogP contribution in [-0.4, -0.2) is 26.8 Å². The molecule has 0 saturated carbocycles. The number of nitrogens with zero attached hydrogens (tertiary/aromatic N) is 2. The van der Waals surface area contributed by atoms with E-state index in [1.807, 2.05) is 13.0 Å². The Kier molecular flexibility index (Phi) is 5.43. The van der Waals surface area contributed by atoms with E-state index < -0.39 is 28.4 Å². The van der Waals surface area contributed by atoms with E-state index in [9.17, 15) is 29.9 Å². The molecule has 166 valence electrons. The number of ketones is 1. The van der Waals surface area contributed by atoms with Crippen LogP contribution in [0.1, 0.15) is 28.3 Å². The molecule has 0 aromatic heterocycles. The number of benzene rings is 3. The zero-order valence-electron chi connectivity index (χ0n) is 17.9. The van der Waals surface area contributed by atoms with Gasteiger partial charge in [-0.1, -0.05) is 48.0 Å². The standard InChI is InChI=1S/C25H20N2O6/c1-14-5-3-6-16(11-14)22-21(23(29)17-7-4-8-18(13-17)27(32)33)24(30)25(31)26(22)19-12-15(2)9-10-20(19)28/h3-13,22,28-29H,1-2H3/b23-21-. The van der Waals surface area contributed by atoms with Crippen LogP contribution >= 0.6 is 0 Å². The number of nitro groups is 1. The van der Waals surface area contributed by atoms with Gasteiger partial charge in [-0.15, -0.1) is 0 Å². The highest BCUT2D eigenvalue weighted by atomic mass is 16.6. The molecule has 1 atom stereocenters. The third-order valence-corrected chi connectivity index (χ3v) is 5.52. The Hall–Kier alpha value is -4.46. The van der Waals surface area contributed by atoms with E-state index in [1.54, 1.807) is 37.3 Å². The number of aliphatic hydroxyl groups is 1. The van der Waals surface area contributed by atoms with Crippen molar-refractivity contribution in [2.45, 2.75) is 19.9 Å². The number of hydrogen-bond acceptors (Lipinski definition) is 6. The number of nitro benzene ring substituents is 1. The van der Waals surface area contributed by atoms with E-state index in [0.717, 1.165) is 22.1 Å². The van der Waals surface area contributed by atoms with E-state index in [-0.39, 0.29) is 28.3 Å². The lowest BCUT2D eigenvalue weighted by atomic mass is 9.94. The van der Waals surface area contributed by atoms with Crippen LogP contribution in [0.4, 0.5) is 11.4 Å². The normalized spacial score (nSPS) is 17.4. The Labute approximate surface area is 189 Å². The molecule has 1 fully saturated rings. The summed E-state index contributed by atoms with van der Waals surface area (Å²) < 4.78 is 0. The summed E-state index contributed by atoms with van der Waals surface area (Å²) in [6, 6.07) is 15.9. The number of carbonyl (C=O) groups excluding carboxylic acids is 2. The quantitative estimate of drug-likeness (QED) is 0.200. The van der Waals surface area contributed by atoms with Crippen LogP contribution in [0.25, 0.3) is 5.76 Å². The number of aromatic hydroxyl groups is 1. The van der Waals surface area contributed by atoms with Crippen LogP contribution in [0.3, 0.4) is 0 Å². The minimum atomic E-state index is -1.04. The fourth-order valence-electron chi connectivity index (χ4n) is 3.99. The summed E-state index contributed by atoms with van der Waals surface area (Å²) in [4.78, 5) is 38.1. The largest absolute Gasteiger partial charge is 0.507 e. The van der Waals surface area contributed by atoms with Gasteiger partial charge in [0.05, 0.1) is 22.2 Å². The lowest BCUT2D eigenvalue weighted by molar-refractivity contribution is -0.384. The molecular weight excluding hydrogens is 424 g/mol. The monoisotopic (exact) mass is 444 g/mol. The minimum absolute atomic E-state index is 0.0355. The topological polar surface area (TPSA) is 121 Å². The van der Waals surface area contributed by atoms with Crippen LogP contribution < -0.4 is 4.90 Å². The number of Topliss-reactive ketones (excluding diaryl/α,β-unsaturated/α-hetero) is 1. The lowest BCUT2D eigenvalue weighted by Gasteiger charge is -2.26. The molecule has 0 aliphatic carbocycles. The predicted molar refractivity (Wildman–Crippen MR) is 122 cm³/mol. The van der Waals surface area contributed by atoms with Crippen LogP contribution in [0.15, 0.2) is 72.3 Å². The highest BCUT2D eigenvalue weighted by molar-refractivity contribution is 6.52. The summed E-state index contributed by atoms with van der Waals surface area (Å²) in [5.41, 5.74) is 1.84. The molecule has 0 radical (unpaired) electrons. The van der Waals surface area contributed by atoms with E-state index in [2.05, 4.69) is 0 Å². The van der Waals surface area contributed by atoms with Gasteiger partial charge in [-0.3, -0.25) is 24.6 Å². The molecule has 1 aliphatic heterocycles. The highest BCUT2D eigenvalue weighted by Crippen LogP contribution is 2.45. The van der Waals surface area contributed by atoms with Crippen LogP contribution in [-0.2, 0) is 9.59 Å². The fourth-order valence-corrected chi connectivity index (χ4v) is 3.99. The number of anilines is 1. The third-order valence-electron chi connectivity index (χ3n) is 5.52. The number of phenolic OH excluding ortho intramolecular Hbond substituents is 1. The minimum Gasteiger partial charge on any atom is -0.507 e. The highest BCUT2D eigenvalue weighted by Gasteiger charge is 2.47. The van der Waals surface area contributed by atoms with Gasteiger partial charge >= 0.3 is 0 Å². The number of hydrogen-bond donors (Lipinski definition) is 2. The van der Waals surface area contributed by atoms with E-state index in [4.69, 9.17) is 0 Å². The van der Waals surface area contributed by atoms with Gasteiger partial charge in [-0.25, -0.2) is 0 Å². The number of rotatable bonds is 4. The number of non-ortho nitro benzene ring substituents is 1. The van der Waals surface area contributed by atoms with Gasteiger partial charge < -0.3 is 10.2 Å². The Morgan fingerprint density at radius 2 is 1.67 bits per heavy atom. The number of carbonyl (C=O) groups is 2. The number of amides is 1. The second kappa shape index (κ2) is 8.23. The number of phenols is 1. The second-order valence-electron chi connectivity index (χ2n) is 7.88. The fraction of sp³-hybridized carbons (Fsp3) is 0.120. The molecular formula is C25H20N2O6. The molecule has 2 N–H and O–H groups in total.